The van der Waals surface area contributed by atoms with E-state index >= 15 is 0 Å². The van der Waals surface area contributed by atoms with E-state index in [1.165, 1.54) is 0 Å². The molecule has 2 rings (SSSR count). The lowest BCUT2D eigenvalue weighted by molar-refractivity contribution is -0.139. The lowest BCUT2D eigenvalue weighted by atomic mass is 9.75. The smallest absolute Gasteiger partial charge is 0.229 e. The zero-order chi connectivity index (χ0) is 11.9. The van der Waals surface area contributed by atoms with E-state index in [2.05, 4.69) is 51.6 Å². The van der Waals surface area contributed by atoms with Crippen LogP contribution in [0.4, 0.5) is 0 Å². The summed E-state index contributed by atoms with van der Waals surface area (Å²) in [7, 11) is 0. The van der Waals surface area contributed by atoms with Crippen molar-refractivity contribution in [1.29, 1.82) is 0 Å². The highest BCUT2D eigenvalue weighted by atomic mass is 127. The van der Waals surface area contributed by atoms with Crippen molar-refractivity contribution in [3.63, 3.8) is 0 Å². The van der Waals surface area contributed by atoms with Gasteiger partial charge in [-0.3, -0.25) is 4.79 Å². The number of likely N-dealkylation sites (tertiary alicyclic amines) is 1. The van der Waals surface area contributed by atoms with E-state index in [4.69, 9.17) is 0 Å². The molecule has 0 saturated carbocycles. The van der Waals surface area contributed by atoms with Gasteiger partial charge in [0, 0.05) is 48.0 Å². The van der Waals surface area contributed by atoms with Crippen molar-refractivity contribution in [2.45, 2.75) is 52.1 Å². The third-order valence-corrected chi connectivity index (χ3v) is 5.57. The van der Waals surface area contributed by atoms with Crippen molar-refractivity contribution in [2.24, 2.45) is 5.41 Å². The maximum Gasteiger partial charge on any atom is 0.229 e. The molecule has 0 aromatic rings. The fourth-order valence-corrected chi connectivity index (χ4v) is 3.51. The number of carbonyl (C=O) groups is 1. The van der Waals surface area contributed by atoms with Crippen molar-refractivity contribution in [2.75, 3.05) is 13.1 Å². The number of amides is 1. The monoisotopic (exact) mass is 336 g/mol. The highest BCUT2D eigenvalue weighted by Gasteiger charge is 2.50. The number of hydrogen-bond donors (Lipinski definition) is 0. The van der Waals surface area contributed by atoms with Gasteiger partial charge in [0.25, 0.3) is 0 Å². The first-order valence-corrected chi connectivity index (χ1v) is 7.16. The van der Waals surface area contributed by atoms with Crippen molar-refractivity contribution in [3.8, 4) is 0 Å². The molecular weight excluding hydrogens is 315 g/mol. The molecule has 0 radical (unpaired) electrons. The van der Waals surface area contributed by atoms with Crippen LogP contribution in [0, 0.1) is 5.41 Å². The minimum atomic E-state index is -0.0225. The molecule has 1 amide bonds. The minimum Gasteiger partial charge on any atom is -0.340 e. The quantitative estimate of drug-likeness (QED) is 0.542. The molecule has 3 nitrogen and oxygen atoms in total. The van der Waals surface area contributed by atoms with Crippen LogP contribution in [0.2, 0.25) is 0 Å². The highest BCUT2D eigenvalue weighted by molar-refractivity contribution is 14.1. The Bertz CT molecular complexity index is 295. The second kappa shape index (κ2) is 4.44. The number of nitrogens with zero attached hydrogens (tertiary/aromatic N) is 2. The average Bonchev–Trinajstić information content (AvgIpc) is 2.52. The van der Waals surface area contributed by atoms with Gasteiger partial charge in [-0.05, 0) is 40.0 Å². The maximum atomic E-state index is 12.5. The van der Waals surface area contributed by atoms with Crippen LogP contribution >= 0.6 is 22.9 Å². The predicted molar refractivity (Wildman–Crippen MR) is 73.3 cm³/mol. The molecule has 0 aromatic carbocycles. The van der Waals surface area contributed by atoms with Crippen LogP contribution in [0.3, 0.4) is 0 Å². The van der Waals surface area contributed by atoms with Crippen LogP contribution in [0.25, 0.3) is 0 Å². The first-order chi connectivity index (χ1) is 7.46. The molecule has 0 aromatic heterocycles. The molecule has 2 atom stereocenters. The van der Waals surface area contributed by atoms with Crippen LogP contribution < -0.4 is 0 Å². The zero-order valence-electron chi connectivity index (χ0n) is 10.4. The average molecular weight is 336 g/mol. The first kappa shape index (κ1) is 12.6. The lowest BCUT2D eigenvalue weighted by Crippen LogP contribution is -2.46. The van der Waals surface area contributed by atoms with Gasteiger partial charge in [0.1, 0.15) is 0 Å². The van der Waals surface area contributed by atoms with Gasteiger partial charge in [0.2, 0.25) is 5.91 Å². The van der Waals surface area contributed by atoms with Crippen molar-refractivity contribution in [1.82, 2.24) is 8.01 Å². The lowest BCUT2D eigenvalue weighted by Gasteiger charge is -2.39. The molecular formula is C12H21IN2O. The summed E-state index contributed by atoms with van der Waals surface area (Å²) >= 11 is 2.39. The van der Waals surface area contributed by atoms with Crippen molar-refractivity contribution in [3.05, 3.63) is 0 Å². The number of piperidine rings is 1. The van der Waals surface area contributed by atoms with Gasteiger partial charge in [-0.25, -0.2) is 3.11 Å². The normalized spacial score (nSPS) is 36.7. The molecule has 2 heterocycles. The van der Waals surface area contributed by atoms with Crippen LogP contribution in [-0.4, -0.2) is 39.1 Å². The molecule has 2 unspecified atom stereocenters. The summed E-state index contributed by atoms with van der Waals surface area (Å²) in [6.45, 7) is 8.49. The predicted octanol–water partition coefficient (Wildman–Crippen LogP) is 2.45. The van der Waals surface area contributed by atoms with Crippen LogP contribution in [0.1, 0.15) is 40.0 Å². The Labute approximate surface area is 112 Å². The summed E-state index contributed by atoms with van der Waals surface area (Å²) < 4.78 is 2.34. The number of rotatable bonds is 1. The Morgan fingerprint density at radius 3 is 2.50 bits per heavy atom. The zero-order valence-corrected chi connectivity index (χ0v) is 12.5. The molecule has 1 spiro atoms. The summed E-state index contributed by atoms with van der Waals surface area (Å²) in [5.74, 6) is 0.416. The molecule has 2 fully saturated rings. The fraction of sp³-hybridized carbons (Fsp3) is 0.917. The van der Waals surface area contributed by atoms with Crippen molar-refractivity contribution >= 4 is 28.8 Å². The Hall–Kier alpha value is 0.160. The van der Waals surface area contributed by atoms with Gasteiger partial charge < -0.3 is 4.90 Å². The highest BCUT2D eigenvalue weighted by Crippen LogP contribution is 2.44. The Balaban J connectivity index is 2.13. The molecule has 2 aliphatic heterocycles. The first-order valence-electron chi connectivity index (χ1n) is 6.20. The fourth-order valence-electron chi connectivity index (χ4n) is 3.07. The Morgan fingerprint density at radius 2 is 2.00 bits per heavy atom. The van der Waals surface area contributed by atoms with Crippen molar-refractivity contribution < 1.29 is 4.79 Å². The third-order valence-electron chi connectivity index (χ3n) is 4.14. The largest absolute Gasteiger partial charge is 0.340 e. The molecule has 4 heteroatoms. The van der Waals surface area contributed by atoms with E-state index in [1.807, 2.05) is 0 Å². The minimum absolute atomic E-state index is 0.0225. The maximum absolute atomic E-state index is 12.5. The molecule has 0 aliphatic carbocycles. The summed E-state index contributed by atoms with van der Waals surface area (Å²) in [5, 5.41) is 0. The summed E-state index contributed by atoms with van der Waals surface area (Å²) in [4.78, 5) is 14.5. The summed E-state index contributed by atoms with van der Waals surface area (Å²) in [6, 6.07) is 0.894. The van der Waals surface area contributed by atoms with E-state index in [1.54, 1.807) is 0 Å². The standard InChI is InChI=1S/C12H21IN2O/c1-9(2)14-6-4-12(11(14)16)5-7-15(13)10(3)8-12/h9-10H,4-8H2,1-3H3. The Kier molecular flexibility index (Phi) is 3.50. The van der Waals surface area contributed by atoms with Crippen LogP contribution in [-0.2, 0) is 4.79 Å². The SMILES string of the molecule is CC1CC2(CCN1I)CCN(C(C)C)C2=O. The van der Waals surface area contributed by atoms with Gasteiger partial charge >= 0.3 is 0 Å². The number of hydrogen-bond acceptors (Lipinski definition) is 2. The topological polar surface area (TPSA) is 23.6 Å². The third kappa shape index (κ3) is 1.98. The van der Waals surface area contributed by atoms with Crippen LogP contribution in [0.5, 0.6) is 0 Å². The molecule has 16 heavy (non-hydrogen) atoms. The van der Waals surface area contributed by atoms with E-state index in [0.29, 0.717) is 18.0 Å². The molecule has 0 bridgehead atoms. The Morgan fingerprint density at radius 1 is 1.38 bits per heavy atom. The second-order valence-corrected chi connectivity index (χ2v) is 6.79. The second-order valence-electron chi connectivity index (χ2n) is 5.55. The van der Waals surface area contributed by atoms with E-state index in [-0.39, 0.29) is 5.41 Å². The number of carbonyl (C=O) groups excluding carboxylic acids is 1. The summed E-state index contributed by atoms with van der Waals surface area (Å²) in [6.07, 6.45) is 3.15. The molecule has 2 aliphatic rings. The van der Waals surface area contributed by atoms with E-state index in [0.717, 1.165) is 32.4 Å². The van der Waals surface area contributed by atoms with Gasteiger partial charge in [-0.2, -0.15) is 0 Å². The number of halogens is 1. The molecule has 0 N–H and O–H groups in total. The summed E-state index contributed by atoms with van der Waals surface area (Å²) in [5.41, 5.74) is -0.0225. The van der Waals surface area contributed by atoms with Crippen LogP contribution in [0.15, 0.2) is 0 Å². The van der Waals surface area contributed by atoms with E-state index < -0.39 is 0 Å². The van der Waals surface area contributed by atoms with Gasteiger partial charge in [-0.1, -0.05) is 0 Å². The van der Waals surface area contributed by atoms with Gasteiger partial charge in [0.15, 0.2) is 0 Å². The molecule has 2 saturated heterocycles. The van der Waals surface area contributed by atoms with E-state index in [9.17, 15) is 4.79 Å². The van der Waals surface area contributed by atoms with Gasteiger partial charge in [-0.15, -0.1) is 0 Å². The molecule has 92 valence electrons. The van der Waals surface area contributed by atoms with Gasteiger partial charge in [0.05, 0.1) is 5.41 Å².